The molecular weight excluding hydrogens is 232 g/mol. The van der Waals surface area contributed by atoms with E-state index in [1.807, 2.05) is 0 Å². The van der Waals surface area contributed by atoms with Crippen LogP contribution in [0, 0.1) is 0 Å². The first-order chi connectivity index (χ1) is 9.33. The van der Waals surface area contributed by atoms with Gasteiger partial charge in [0.1, 0.15) is 0 Å². The molecule has 0 aromatic heterocycles. The average molecular weight is 260 g/mol. The van der Waals surface area contributed by atoms with E-state index >= 15 is 0 Å². The van der Waals surface area contributed by atoms with Crippen LogP contribution in [0.1, 0.15) is 45.1 Å². The Kier molecular flexibility index (Phi) is 5.71. The van der Waals surface area contributed by atoms with E-state index in [9.17, 15) is 0 Å². The lowest BCUT2D eigenvalue weighted by atomic mass is 10.1. The number of aryl methyl sites for hydroxylation is 1. The van der Waals surface area contributed by atoms with Gasteiger partial charge in [0, 0.05) is 31.4 Å². The molecule has 1 aromatic carbocycles. The van der Waals surface area contributed by atoms with E-state index in [-0.39, 0.29) is 0 Å². The molecule has 2 heteroatoms. The Hall–Kier alpha value is -1.02. The average Bonchev–Trinajstić information content (AvgIpc) is 2.71. The van der Waals surface area contributed by atoms with Crippen molar-refractivity contribution in [2.24, 2.45) is 0 Å². The maximum absolute atomic E-state index is 3.63. The predicted molar refractivity (Wildman–Crippen MR) is 84.0 cm³/mol. The normalized spacial score (nSPS) is 20.3. The number of nitrogens with one attached hydrogen (secondary N) is 1. The monoisotopic (exact) mass is 260 g/mol. The second-order valence-corrected chi connectivity index (χ2v) is 5.61. The predicted octanol–water partition coefficient (Wildman–Crippen LogP) is 3.61. The second kappa shape index (κ2) is 7.54. The molecule has 19 heavy (non-hydrogen) atoms. The summed E-state index contributed by atoms with van der Waals surface area (Å²) in [5.74, 6) is 0. The highest BCUT2D eigenvalue weighted by Crippen LogP contribution is 2.18. The molecular formula is C17H28N2. The molecule has 1 heterocycles. The van der Waals surface area contributed by atoms with Crippen molar-refractivity contribution in [3.8, 4) is 0 Å². The summed E-state index contributed by atoms with van der Waals surface area (Å²) in [5, 5.41) is 3.63. The summed E-state index contributed by atoms with van der Waals surface area (Å²) in [4.78, 5) is 2.52. The van der Waals surface area contributed by atoms with Crippen LogP contribution in [-0.4, -0.2) is 25.7 Å². The van der Waals surface area contributed by atoms with Gasteiger partial charge >= 0.3 is 0 Å². The molecule has 1 aliphatic rings. The summed E-state index contributed by atoms with van der Waals surface area (Å²) in [6.07, 6.45) is 6.29. The molecule has 1 fully saturated rings. The van der Waals surface area contributed by atoms with E-state index < -0.39 is 0 Å². The number of anilines is 1. The van der Waals surface area contributed by atoms with Crippen LogP contribution in [0.3, 0.4) is 0 Å². The Balaban J connectivity index is 1.93. The lowest BCUT2D eigenvalue weighted by molar-refractivity contribution is 0.510. The van der Waals surface area contributed by atoms with Gasteiger partial charge < -0.3 is 10.2 Å². The molecule has 0 amide bonds. The molecule has 106 valence electrons. The highest BCUT2D eigenvalue weighted by Gasteiger charge is 2.14. The number of hydrogen-bond acceptors (Lipinski definition) is 2. The summed E-state index contributed by atoms with van der Waals surface area (Å²) in [7, 11) is 0. The van der Waals surface area contributed by atoms with Crippen molar-refractivity contribution < 1.29 is 0 Å². The van der Waals surface area contributed by atoms with Crippen LogP contribution in [0.25, 0.3) is 0 Å². The summed E-state index contributed by atoms with van der Waals surface area (Å²) in [6, 6.07) is 9.92. The van der Waals surface area contributed by atoms with Crippen molar-refractivity contribution in [2.75, 3.05) is 24.5 Å². The Morgan fingerprint density at radius 2 is 1.95 bits per heavy atom. The Labute approximate surface area is 118 Å². The zero-order valence-electron chi connectivity index (χ0n) is 12.5. The quantitative estimate of drug-likeness (QED) is 0.870. The van der Waals surface area contributed by atoms with Gasteiger partial charge in [0.2, 0.25) is 0 Å². The summed E-state index contributed by atoms with van der Waals surface area (Å²) in [6.45, 7) is 7.94. The molecule has 0 aliphatic carbocycles. The molecule has 1 aliphatic heterocycles. The van der Waals surface area contributed by atoms with Gasteiger partial charge in [0.05, 0.1) is 0 Å². The molecule has 1 atom stereocenters. The minimum atomic E-state index is 0.703. The number of unbranched alkanes of at least 4 members (excludes halogenated alkanes) is 1. The van der Waals surface area contributed by atoms with Crippen LogP contribution < -0.4 is 10.2 Å². The molecule has 0 bridgehead atoms. The standard InChI is InChI=1S/C17H28N2/c1-3-5-6-15-7-9-17(10-8-15)19-13-11-16(4-2)18-12-14-19/h7-10,16,18H,3-6,11-14H2,1-2H3. The number of benzene rings is 1. The maximum Gasteiger partial charge on any atom is 0.0366 e. The molecule has 2 rings (SSSR count). The maximum atomic E-state index is 3.63. The molecule has 1 unspecified atom stereocenters. The first-order valence-corrected chi connectivity index (χ1v) is 7.90. The van der Waals surface area contributed by atoms with Crippen LogP contribution in [0.4, 0.5) is 5.69 Å². The van der Waals surface area contributed by atoms with Crippen molar-refractivity contribution >= 4 is 5.69 Å². The van der Waals surface area contributed by atoms with Gasteiger partial charge in [0.25, 0.3) is 0 Å². The zero-order valence-corrected chi connectivity index (χ0v) is 12.5. The second-order valence-electron chi connectivity index (χ2n) is 5.61. The molecule has 1 saturated heterocycles. The van der Waals surface area contributed by atoms with Crippen LogP contribution in [0.5, 0.6) is 0 Å². The molecule has 1 aromatic rings. The van der Waals surface area contributed by atoms with E-state index in [4.69, 9.17) is 0 Å². The topological polar surface area (TPSA) is 15.3 Å². The minimum absolute atomic E-state index is 0.703. The molecule has 0 saturated carbocycles. The lowest BCUT2D eigenvalue weighted by Gasteiger charge is -2.22. The third-order valence-corrected chi connectivity index (χ3v) is 4.18. The minimum Gasteiger partial charge on any atom is -0.370 e. The van der Waals surface area contributed by atoms with E-state index in [1.165, 1.54) is 49.9 Å². The van der Waals surface area contributed by atoms with Gasteiger partial charge in [-0.05, 0) is 43.4 Å². The first-order valence-electron chi connectivity index (χ1n) is 7.90. The summed E-state index contributed by atoms with van der Waals surface area (Å²) < 4.78 is 0. The smallest absolute Gasteiger partial charge is 0.0366 e. The van der Waals surface area contributed by atoms with Gasteiger partial charge in [-0.15, -0.1) is 0 Å². The van der Waals surface area contributed by atoms with E-state index in [0.717, 1.165) is 13.1 Å². The molecule has 1 N–H and O–H groups in total. The van der Waals surface area contributed by atoms with Gasteiger partial charge in [0.15, 0.2) is 0 Å². The van der Waals surface area contributed by atoms with Gasteiger partial charge in [-0.1, -0.05) is 32.4 Å². The fourth-order valence-electron chi connectivity index (χ4n) is 2.79. The van der Waals surface area contributed by atoms with Crippen LogP contribution in [-0.2, 0) is 6.42 Å². The van der Waals surface area contributed by atoms with Crippen molar-refractivity contribution in [1.82, 2.24) is 5.32 Å². The molecule has 0 radical (unpaired) electrons. The highest BCUT2D eigenvalue weighted by molar-refractivity contribution is 5.47. The third kappa shape index (κ3) is 4.24. The van der Waals surface area contributed by atoms with E-state index in [1.54, 1.807) is 0 Å². The Morgan fingerprint density at radius 1 is 1.16 bits per heavy atom. The zero-order chi connectivity index (χ0) is 13.5. The molecule has 0 spiro atoms. The van der Waals surface area contributed by atoms with Crippen molar-refractivity contribution in [3.63, 3.8) is 0 Å². The largest absolute Gasteiger partial charge is 0.370 e. The number of rotatable bonds is 5. The summed E-state index contributed by atoms with van der Waals surface area (Å²) >= 11 is 0. The van der Waals surface area contributed by atoms with E-state index in [0.29, 0.717) is 6.04 Å². The fraction of sp³-hybridized carbons (Fsp3) is 0.647. The van der Waals surface area contributed by atoms with Gasteiger partial charge in [-0.2, -0.15) is 0 Å². The highest BCUT2D eigenvalue weighted by atomic mass is 15.2. The van der Waals surface area contributed by atoms with Crippen LogP contribution in [0.2, 0.25) is 0 Å². The van der Waals surface area contributed by atoms with Crippen molar-refractivity contribution in [2.45, 2.75) is 52.0 Å². The van der Waals surface area contributed by atoms with Gasteiger partial charge in [-0.3, -0.25) is 0 Å². The fourth-order valence-corrected chi connectivity index (χ4v) is 2.79. The number of nitrogens with zero attached hydrogens (tertiary/aromatic N) is 1. The van der Waals surface area contributed by atoms with E-state index in [2.05, 4.69) is 48.3 Å². The lowest BCUT2D eigenvalue weighted by Crippen LogP contribution is -2.29. The van der Waals surface area contributed by atoms with Gasteiger partial charge in [-0.25, -0.2) is 0 Å². The third-order valence-electron chi connectivity index (χ3n) is 4.18. The Morgan fingerprint density at radius 3 is 2.63 bits per heavy atom. The van der Waals surface area contributed by atoms with Crippen LogP contribution in [0.15, 0.2) is 24.3 Å². The van der Waals surface area contributed by atoms with Crippen molar-refractivity contribution in [3.05, 3.63) is 29.8 Å². The molecule has 2 nitrogen and oxygen atoms in total. The number of hydrogen-bond donors (Lipinski definition) is 1. The van der Waals surface area contributed by atoms with Crippen molar-refractivity contribution in [1.29, 1.82) is 0 Å². The summed E-state index contributed by atoms with van der Waals surface area (Å²) in [5.41, 5.74) is 2.86. The van der Waals surface area contributed by atoms with Crippen LogP contribution >= 0.6 is 0 Å². The Bertz CT molecular complexity index is 358. The SMILES string of the molecule is CCCCc1ccc(N2CCNC(CC)CC2)cc1. The first kappa shape index (κ1) is 14.4.